The van der Waals surface area contributed by atoms with Crippen molar-refractivity contribution in [1.29, 1.82) is 0 Å². The molecule has 1 N–H and O–H groups in total. The van der Waals surface area contributed by atoms with Crippen molar-refractivity contribution < 1.29 is 14.3 Å². The average molecular weight is 458 g/mol. The molecular weight excluding hydrogens is 426 g/mol. The Kier molecular flexibility index (Phi) is 8.39. The highest BCUT2D eigenvalue weighted by Crippen LogP contribution is 2.30. The number of nitrogens with one attached hydrogen (secondary N) is 1. The number of hydrogen-bond donors (Lipinski definition) is 1. The highest BCUT2D eigenvalue weighted by atomic mass is 35.5. The highest BCUT2D eigenvalue weighted by Gasteiger charge is 2.22. The number of benzene rings is 2. The molecule has 3 rings (SSSR count). The Bertz CT molecular complexity index is 923. The number of carbonyl (C=O) groups is 2. The van der Waals surface area contributed by atoms with E-state index in [0.29, 0.717) is 48.3 Å². The molecule has 32 heavy (non-hydrogen) atoms. The molecule has 1 aliphatic rings. The van der Waals surface area contributed by atoms with Gasteiger partial charge >= 0.3 is 0 Å². The standard InChI is InChI=1S/C25H32ClN3O3/c1-4-5-24(30)29-14-12-28(13-15-29)23-11-8-20(16-22(23)26)27-25(31)19-6-9-21(10-7-19)32-17-18(2)3/h6-11,16,18H,4-5,12-15,17H2,1-3H3,(H,27,31). The lowest BCUT2D eigenvalue weighted by molar-refractivity contribution is -0.131. The zero-order valence-corrected chi connectivity index (χ0v) is 19.8. The number of ether oxygens (including phenoxy) is 1. The Labute approximate surface area is 195 Å². The SMILES string of the molecule is CCCC(=O)N1CCN(c2ccc(NC(=O)c3ccc(OCC(C)C)cc3)cc2Cl)CC1. The Morgan fingerprint density at radius 2 is 1.75 bits per heavy atom. The number of nitrogens with zero attached hydrogens (tertiary/aromatic N) is 2. The first-order chi connectivity index (χ1) is 15.4. The fourth-order valence-electron chi connectivity index (χ4n) is 3.58. The minimum absolute atomic E-state index is 0.202. The Hall–Kier alpha value is -2.73. The van der Waals surface area contributed by atoms with Crippen LogP contribution >= 0.6 is 11.6 Å². The molecule has 0 radical (unpaired) electrons. The third-order valence-corrected chi connectivity index (χ3v) is 5.65. The summed E-state index contributed by atoms with van der Waals surface area (Å²) in [7, 11) is 0. The minimum atomic E-state index is -0.202. The molecule has 2 aromatic rings. The fraction of sp³-hybridized carbons (Fsp3) is 0.440. The number of rotatable bonds is 8. The third kappa shape index (κ3) is 6.39. The van der Waals surface area contributed by atoms with Gasteiger partial charge in [-0.15, -0.1) is 0 Å². The van der Waals surface area contributed by atoms with Gasteiger partial charge in [0.05, 0.1) is 17.3 Å². The second-order valence-electron chi connectivity index (χ2n) is 8.47. The van der Waals surface area contributed by atoms with Crippen LogP contribution in [0.25, 0.3) is 0 Å². The number of carbonyl (C=O) groups excluding carboxylic acids is 2. The van der Waals surface area contributed by atoms with E-state index in [0.717, 1.165) is 30.9 Å². The maximum absolute atomic E-state index is 12.6. The van der Waals surface area contributed by atoms with Crippen LogP contribution in [0.4, 0.5) is 11.4 Å². The van der Waals surface area contributed by atoms with Crippen LogP contribution in [0.2, 0.25) is 5.02 Å². The van der Waals surface area contributed by atoms with Crippen LogP contribution in [0.1, 0.15) is 44.0 Å². The lowest BCUT2D eigenvalue weighted by Gasteiger charge is -2.36. The molecule has 0 bridgehead atoms. The summed E-state index contributed by atoms with van der Waals surface area (Å²) in [6, 6.07) is 12.7. The summed E-state index contributed by atoms with van der Waals surface area (Å²) in [5, 5.41) is 3.48. The fourth-order valence-corrected chi connectivity index (χ4v) is 3.88. The van der Waals surface area contributed by atoms with Crippen LogP contribution in [0.15, 0.2) is 42.5 Å². The number of anilines is 2. The third-order valence-electron chi connectivity index (χ3n) is 5.34. The van der Waals surface area contributed by atoms with E-state index in [4.69, 9.17) is 16.3 Å². The zero-order valence-electron chi connectivity index (χ0n) is 19.1. The van der Waals surface area contributed by atoms with Crippen molar-refractivity contribution in [3.8, 4) is 5.75 Å². The molecular formula is C25H32ClN3O3. The van der Waals surface area contributed by atoms with Crippen molar-refractivity contribution in [3.05, 3.63) is 53.1 Å². The quantitative estimate of drug-likeness (QED) is 0.600. The monoisotopic (exact) mass is 457 g/mol. The van der Waals surface area contributed by atoms with Crippen LogP contribution in [0, 0.1) is 5.92 Å². The Balaban J connectivity index is 1.57. The van der Waals surface area contributed by atoms with Gasteiger partial charge in [0.25, 0.3) is 5.91 Å². The topological polar surface area (TPSA) is 61.9 Å². The summed E-state index contributed by atoms with van der Waals surface area (Å²) < 4.78 is 5.66. The van der Waals surface area contributed by atoms with Crippen molar-refractivity contribution in [2.75, 3.05) is 43.0 Å². The van der Waals surface area contributed by atoms with E-state index in [1.54, 1.807) is 30.3 Å². The van der Waals surface area contributed by atoms with Gasteiger partial charge in [0.15, 0.2) is 0 Å². The molecule has 0 saturated carbocycles. The van der Waals surface area contributed by atoms with Gasteiger partial charge in [0, 0.05) is 43.9 Å². The maximum atomic E-state index is 12.6. The summed E-state index contributed by atoms with van der Waals surface area (Å²) >= 11 is 6.53. The van der Waals surface area contributed by atoms with E-state index in [-0.39, 0.29) is 11.8 Å². The number of piperazine rings is 1. The van der Waals surface area contributed by atoms with Gasteiger partial charge in [-0.2, -0.15) is 0 Å². The molecule has 172 valence electrons. The Morgan fingerprint density at radius 1 is 1.06 bits per heavy atom. The second kappa shape index (κ2) is 11.2. The van der Waals surface area contributed by atoms with Crippen molar-refractivity contribution in [2.24, 2.45) is 5.92 Å². The van der Waals surface area contributed by atoms with Gasteiger partial charge in [-0.3, -0.25) is 9.59 Å². The number of halogens is 1. The largest absolute Gasteiger partial charge is 0.493 e. The minimum Gasteiger partial charge on any atom is -0.493 e. The van der Waals surface area contributed by atoms with E-state index < -0.39 is 0 Å². The van der Waals surface area contributed by atoms with Crippen molar-refractivity contribution in [1.82, 2.24) is 4.90 Å². The van der Waals surface area contributed by atoms with E-state index in [2.05, 4.69) is 24.1 Å². The van der Waals surface area contributed by atoms with Crippen molar-refractivity contribution >= 4 is 34.8 Å². The molecule has 1 saturated heterocycles. The van der Waals surface area contributed by atoms with Gasteiger partial charge in [0.1, 0.15) is 5.75 Å². The average Bonchev–Trinajstić information content (AvgIpc) is 2.78. The molecule has 1 fully saturated rings. The smallest absolute Gasteiger partial charge is 0.255 e. The highest BCUT2D eigenvalue weighted by molar-refractivity contribution is 6.33. The lowest BCUT2D eigenvalue weighted by Crippen LogP contribution is -2.48. The number of hydrogen-bond acceptors (Lipinski definition) is 4. The molecule has 0 atom stereocenters. The van der Waals surface area contributed by atoms with Crippen molar-refractivity contribution in [2.45, 2.75) is 33.6 Å². The van der Waals surface area contributed by atoms with Crippen LogP contribution < -0.4 is 15.0 Å². The predicted octanol–water partition coefficient (Wildman–Crippen LogP) is 5.08. The first-order valence-electron chi connectivity index (χ1n) is 11.2. The van der Waals surface area contributed by atoms with Gasteiger partial charge in [-0.1, -0.05) is 32.4 Å². The van der Waals surface area contributed by atoms with Crippen LogP contribution in [0.3, 0.4) is 0 Å². The van der Waals surface area contributed by atoms with Gasteiger partial charge in [0.2, 0.25) is 5.91 Å². The van der Waals surface area contributed by atoms with E-state index >= 15 is 0 Å². The second-order valence-corrected chi connectivity index (χ2v) is 8.87. The van der Waals surface area contributed by atoms with E-state index in [1.165, 1.54) is 0 Å². The molecule has 1 heterocycles. The molecule has 1 aliphatic heterocycles. The Morgan fingerprint density at radius 3 is 2.34 bits per heavy atom. The van der Waals surface area contributed by atoms with Gasteiger partial charge < -0.3 is 19.9 Å². The molecule has 0 spiro atoms. The first kappa shape index (κ1) is 23.9. The van der Waals surface area contributed by atoms with Gasteiger partial charge in [-0.05, 0) is 54.8 Å². The summed E-state index contributed by atoms with van der Waals surface area (Å²) in [6.07, 6.45) is 1.47. The molecule has 2 amide bonds. The first-order valence-corrected chi connectivity index (χ1v) is 11.6. The normalized spacial score (nSPS) is 13.9. The van der Waals surface area contributed by atoms with Crippen LogP contribution in [-0.4, -0.2) is 49.5 Å². The predicted molar refractivity (Wildman–Crippen MR) is 130 cm³/mol. The summed E-state index contributed by atoms with van der Waals surface area (Å²) in [5.41, 5.74) is 2.11. The summed E-state index contributed by atoms with van der Waals surface area (Å²) in [4.78, 5) is 28.8. The van der Waals surface area contributed by atoms with E-state index in [9.17, 15) is 9.59 Å². The molecule has 7 heteroatoms. The summed E-state index contributed by atoms with van der Waals surface area (Å²) in [6.45, 7) is 9.72. The zero-order chi connectivity index (χ0) is 23.1. The molecule has 0 aliphatic carbocycles. The molecule has 0 unspecified atom stereocenters. The lowest BCUT2D eigenvalue weighted by atomic mass is 10.2. The maximum Gasteiger partial charge on any atom is 0.255 e. The van der Waals surface area contributed by atoms with Gasteiger partial charge in [-0.25, -0.2) is 0 Å². The summed E-state index contributed by atoms with van der Waals surface area (Å²) in [5.74, 6) is 1.21. The molecule has 2 aromatic carbocycles. The molecule has 6 nitrogen and oxygen atoms in total. The van der Waals surface area contributed by atoms with Crippen molar-refractivity contribution in [3.63, 3.8) is 0 Å². The number of amides is 2. The molecule has 0 aromatic heterocycles. The van der Waals surface area contributed by atoms with Crippen LogP contribution in [0.5, 0.6) is 5.75 Å². The van der Waals surface area contributed by atoms with Crippen LogP contribution in [-0.2, 0) is 4.79 Å². The van der Waals surface area contributed by atoms with E-state index in [1.807, 2.05) is 24.0 Å².